The summed E-state index contributed by atoms with van der Waals surface area (Å²) in [5, 5.41) is 11.0. The molecule has 1 aliphatic rings. The second-order valence-electron chi connectivity index (χ2n) is 5.70. The van der Waals surface area contributed by atoms with E-state index in [1.165, 1.54) is 25.7 Å². The van der Waals surface area contributed by atoms with Crippen LogP contribution in [0.2, 0.25) is 0 Å². The molecule has 1 aromatic rings. The lowest BCUT2D eigenvalue weighted by molar-refractivity contribution is -0.125. The molecule has 0 radical (unpaired) electrons. The van der Waals surface area contributed by atoms with Gasteiger partial charge in [-0.3, -0.25) is 9.69 Å². The molecule has 0 unspecified atom stereocenters. The third-order valence-corrected chi connectivity index (χ3v) is 4.25. The van der Waals surface area contributed by atoms with Gasteiger partial charge in [0.25, 0.3) is 0 Å². The summed E-state index contributed by atoms with van der Waals surface area (Å²) >= 11 is 0. The summed E-state index contributed by atoms with van der Waals surface area (Å²) in [4.78, 5) is 14.5. The van der Waals surface area contributed by atoms with Crippen LogP contribution in [0.5, 0.6) is 0 Å². The van der Waals surface area contributed by atoms with Gasteiger partial charge in [0.1, 0.15) is 12.2 Å². The minimum Gasteiger partial charge on any atom is -0.354 e. The molecule has 0 saturated carbocycles. The lowest BCUT2D eigenvalue weighted by atomic mass is 10.2. The summed E-state index contributed by atoms with van der Waals surface area (Å²) in [6, 6.07) is -0.0351. The number of likely N-dealkylation sites (tertiary alicyclic amines) is 1. The van der Waals surface area contributed by atoms with E-state index in [9.17, 15) is 4.79 Å². The monoisotopic (exact) mass is 293 g/mol. The van der Waals surface area contributed by atoms with E-state index in [4.69, 9.17) is 0 Å². The molecular formula is C15H27N5O. The SMILES string of the molecule is CCn1cnnc1CCNC(=O)[C@@H](C)N1CCCCCC1. The molecular weight excluding hydrogens is 266 g/mol. The highest BCUT2D eigenvalue weighted by Gasteiger charge is 2.21. The number of aryl methyl sites for hydroxylation is 1. The number of carbonyl (C=O) groups excluding carboxylic acids is 1. The number of nitrogens with zero attached hydrogens (tertiary/aromatic N) is 4. The van der Waals surface area contributed by atoms with Gasteiger partial charge in [0.05, 0.1) is 6.04 Å². The van der Waals surface area contributed by atoms with E-state index in [-0.39, 0.29) is 11.9 Å². The Morgan fingerprint density at radius 1 is 1.33 bits per heavy atom. The Kier molecular flexibility index (Phi) is 6.17. The van der Waals surface area contributed by atoms with Gasteiger partial charge in [0.2, 0.25) is 5.91 Å². The number of hydrogen-bond donors (Lipinski definition) is 1. The molecule has 1 amide bonds. The molecule has 6 nitrogen and oxygen atoms in total. The second kappa shape index (κ2) is 8.12. The predicted molar refractivity (Wildman–Crippen MR) is 81.9 cm³/mol. The Balaban J connectivity index is 1.75. The van der Waals surface area contributed by atoms with Crippen LogP contribution in [0, 0.1) is 0 Å². The Morgan fingerprint density at radius 2 is 2.05 bits per heavy atom. The van der Waals surface area contributed by atoms with Gasteiger partial charge in [0.15, 0.2) is 0 Å². The molecule has 6 heteroatoms. The van der Waals surface area contributed by atoms with Crippen molar-refractivity contribution in [2.45, 2.75) is 58.5 Å². The molecule has 1 N–H and O–H groups in total. The lowest BCUT2D eigenvalue weighted by Crippen LogP contribution is -2.46. The van der Waals surface area contributed by atoms with E-state index in [2.05, 4.69) is 27.3 Å². The van der Waals surface area contributed by atoms with Gasteiger partial charge in [0, 0.05) is 19.5 Å². The molecule has 0 aromatic carbocycles. The summed E-state index contributed by atoms with van der Waals surface area (Å²) in [6.45, 7) is 7.63. The Hall–Kier alpha value is -1.43. The first-order valence-electron chi connectivity index (χ1n) is 8.10. The predicted octanol–water partition coefficient (Wildman–Crippen LogP) is 1.22. The van der Waals surface area contributed by atoms with Crippen LogP contribution in [0.4, 0.5) is 0 Å². The van der Waals surface area contributed by atoms with Gasteiger partial charge < -0.3 is 9.88 Å². The maximum atomic E-state index is 12.2. The zero-order valence-corrected chi connectivity index (χ0v) is 13.2. The molecule has 21 heavy (non-hydrogen) atoms. The van der Waals surface area contributed by atoms with Crippen LogP contribution in [-0.4, -0.2) is 51.2 Å². The zero-order chi connectivity index (χ0) is 15.1. The molecule has 1 aliphatic heterocycles. The molecule has 0 aliphatic carbocycles. The van der Waals surface area contributed by atoms with Crippen molar-refractivity contribution in [3.8, 4) is 0 Å². The lowest BCUT2D eigenvalue weighted by Gasteiger charge is -2.26. The summed E-state index contributed by atoms with van der Waals surface area (Å²) in [5.74, 6) is 1.06. The van der Waals surface area contributed by atoms with Gasteiger partial charge in [-0.25, -0.2) is 0 Å². The standard InChI is InChI=1S/C15H27N5O/c1-3-19-12-17-18-14(19)8-9-16-15(21)13(2)20-10-6-4-5-7-11-20/h12-13H,3-11H2,1-2H3,(H,16,21)/t13-/m1/s1. The van der Waals surface area contributed by atoms with Crippen molar-refractivity contribution in [1.82, 2.24) is 25.0 Å². The summed E-state index contributed by atoms with van der Waals surface area (Å²) in [6.07, 6.45) is 7.45. The number of aromatic nitrogens is 3. The zero-order valence-electron chi connectivity index (χ0n) is 13.2. The van der Waals surface area contributed by atoms with Gasteiger partial charge in [-0.1, -0.05) is 12.8 Å². The topological polar surface area (TPSA) is 63.1 Å². The third-order valence-electron chi connectivity index (χ3n) is 4.25. The molecule has 1 aromatic heterocycles. The van der Waals surface area contributed by atoms with Gasteiger partial charge >= 0.3 is 0 Å². The highest BCUT2D eigenvalue weighted by atomic mass is 16.2. The van der Waals surface area contributed by atoms with Crippen LogP contribution in [0.15, 0.2) is 6.33 Å². The maximum Gasteiger partial charge on any atom is 0.237 e. The molecule has 118 valence electrons. The van der Waals surface area contributed by atoms with E-state index in [1.54, 1.807) is 6.33 Å². The smallest absolute Gasteiger partial charge is 0.237 e. The quantitative estimate of drug-likeness (QED) is 0.856. The molecule has 0 spiro atoms. The van der Waals surface area contributed by atoms with Crippen molar-refractivity contribution in [1.29, 1.82) is 0 Å². The van der Waals surface area contributed by atoms with Gasteiger partial charge in [-0.15, -0.1) is 10.2 Å². The Labute approximate surface area is 126 Å². The van der Waals surface area contributed by atoms with E-state index in [1.807, 2.05) is 11.5 Å². The van der Waals surface area contributed by atoms with Crippen LogP contribution in [0.1, 0.15) is 45.4 Å². The fourth-order valence-corrected chi connectivity index (χ4v) is 2.83. The Morgan fingerprint density at radius 3 is 2.71 bits per heavy atom. The minimum absolute atomic E-state index is 0.0351. The van der Waals surface area contributed by atoms with Crippen LogP contribution in [0.25, 0.3) is 0 Å². The second-order valence-corrected chi connectivity index (χ2v) is 5.70. The molecule has 0 bridgehead atoms. The average Bonchev–Trinajstić information content (AvgIpc) is 2.78. The van der Waals surface area contributed by atoms with Gasteiger partial charge in [-0.2, -0.15) is 0 Å². The van der Waals surface area contributed by atoms with Crippen molar-refractivity contribution in [3.63, 3.8) is 0 Å². The van der Waals surface area contributed by atoms with Crippen LogP contribution in [0.3, 0.4) is 0 Å². The first-order valence-corrected chi connectivity index (χ1v) is 8.10. The molecule has 1 saturated heterocycles. The largest absolute Gasteiger partial charge is 0.354 e. The summed E-state index contributed by atoms with van der Waals surface area (Å²) in [5.41, 5.74) is 0. The van der Waals surface area contributed by atoms with Crippen molar-refractivity contribution < 1.29 is 4.79 Å². The number of amides is 1. The fraction of sp³-hybridized carbons (Fsp3) is 0.800. The molecule has 1 atom stereocenters. The number of hydrogen-bond acceptors (Lipinski definition) is 4. The van der Waals surface area contributed by atoms with E-state index >= 15 is 0 Å². The molecule has 1 fully saturated rings. The first-order chi connectivity index (χ1) is 10.2. The average molecular weight is 293 g/mol. The first kappa shape index (κ1) is 15.9. The molecule has 2 heterocycles. The van der Waals surface area contributed by atoms with Crippen LogP contribution < -0.4 is 5.32 Å². The summed E-state index contributed by atoms with van der Waals surface area (Å²) in [7, 11) is 0. The minimum atomic E-state index is -0.0351. The number of rotatable bonds is 6. The highest BCUT2D eigenvalue weighted by Crippen LogP contribution is 2.12. The van der Waals surface area contributed by atoms with Crippen molar-refractivity contribution in [2.75, 3.05) is 19.6 Å². The van der Waals surface area contributed by atoms with E-state index in [0.717, 1.165) is 31.9 Å². The number of carbonyl (C=O) groups is 1. The van der Waals surface area contributed by atoms with Gasteiger partial charge in [-0.05, 0) is 39.8 Å². The van der Waals surface area contributed by atoms with E-state index < -0.39 is 0 Å². The normalized spacial score (nSPS) is 18.2. The maximum absolute atomic E-state index is 12.2. The van der Waals surface area contributed by atoms with E-state index in [0.29, 0.717) is 6.54 Å². The van der Waals surface area contributed by atoms with Crippen molar-refractivity contribution >= 4 is 5.91 Å². The van der Waals surface area contributed by atoms with Crippen molar-refractivity contribution in [3.05, 3.63) is 12.2 Å². The van der Waals surface area contributed by atoms with Crippen LogP contribution >= 0.6 is 0 Å². The van der Waals surface area contributed by atoms with Crippen molar-refractivity contribution in [2.24, 2.45) is 0 Å². The summed E-state index contributed by atoms with van der Waals surface area (Å²) < 4.78 is 2.00. The highest BCUT2D eigenvalue weighted by molar-refractivity contribution is 5.81. The number of nitrogens with one attached hydrogen (secondary N) is 1. The van der Waals surface area contributed by atoms with Crippen LogP contribution in [-0.2, 0) is 17.8 Å². The molecule has 2 rings (SSSR count). The third kappa shape index (κ3) is 4.52. The Bertz CT molecular complexity index is 437. The fourth-order valence-electron chi connectivity index (χ4n) is 2.83.